The molecule has 1 atom stereocenters. The number of ether oxygens (including phenoxy) is 1. The number of rotatable bonds is 5. The van der Waals surface area contributed by atoms with Crippen molar-refractivity contribution < 1.29 is 17.9 Å². The first-order chi connectivity index (χ1) is 15.7. The van der Waals surface area contributed by atoms with E-state index >= 15 is 0 Å². The highest BCUT2D eigenvalue weighted by Crippen LogP contribution is 2.37. The maximum atomic E-state index is 13.5. The Bertz CT molecular complexity index is 1250. The lowest BCUT2D eigenvalue weighted by Gasteiger charge is -2.34. The maximum Gasteiger partial charge on any atom is 0.243 e. The van der Waals surface area contributed by atoms with Crippen molar-refractivity contribution in [3.05, 3.63) is 47.7 Å². The molecule has 33 heavy (non-hydrogen) atoms. The van der Waals surface area contributed by atoms with Crippen molar-refractivity contribution in [2.75, 3.05) is 31.1 Å². The number of pyridine rings is 1. The number of aromatic nitrogens is 1. The summed E-state index contributed by atoms with van der Waals surface area (Å²) in [6.45, 7) is 8.01. The van der Waals surface area contributed by atoms with Crippen LogP contribution in [-0.2, 0) is 10.0 Å². The van der Waals surface area contributed by atoms with Crippen molar-refractivity contribution in [2.24, 2.45) is 10.4 Å². The van der Waals surface area contributed by atoms with Crippen molar-refractivity contribution in [3.8, 4) is 5.88 Å². The molecule has 9 heteroatoms. The third-order valence-electron chi connectivity index (χ3n) is 6.42. The number of fused-ring (bicyclic) bond motifs is 3. The first kappa shape index (κ1) is 22.0. The highest BCUT2D eigenvalue weighted by Gasteiger charge is 2.42. The fourth-order valence-corrected chi connectivity index (χ4v) is 6.45. The van der Waals surface area contributed by atoms with Crippen LogP contribution in [0.25, 0.3) is 0 Å². The molecule has 1 aromatic carbocycles. The van der Waals surface area contributed by atoms with E-state index in [1.54, 1.807) is 18.2 Å². The second kappa shape index (κ2) is 7.92. The molecule has 5 rings (SSSR count). The molecule has 3 aliphatic rings. The number of benzene rings is 1. The standard InChI is InChI=1S/C24H28N4O4S/c1-16-6-4-8-21(26-16)32-13-17-7-5-11-28(17)33(30,31)18-9-10-20-19(12-18)22(29)23-25-14-24(2,3)15-27(20)23/h4,6,8-10,12,17H,5,7,11,13-15H2,1-3H3. The Morgan fingerprint density at radius 3 is 2.82 bits per heavy atom. The van der Waals surface area contributed by atoms with E-state index in [9.17, 15) is 13.2 Å². The number of amidine groups is 1. The van der Waals surface area contributed by atoms with Crippen LogP contribution in [0, 0.1) is 12.3 Å². The van der Waals surface area contributed by atoms with Gasteiger partial charge in [0.15, 0.2) is 5.84 Å². The normalized spacial score (nSPS) is 22.2. The largest absolute Gasteiger partial charge is 0.476 e. The summed E-state index contributed by atoms with van der Waals surface area (Å²) in [6, 6.07) is 10.1. The lowest BCUT2D eigenvalue weighted by molar-refractivity contribution is 0.106. The van der Waals surface area contributed by atoms with Crippen molar-refractivity contribution in [3.63, 3.8) is 0 Å². The quantitative estimate of drug-likeness (QED) is 0.670. The Balaban J connectivity index is 1.39. The van der Waals surface area contributed by atoms with Gasteiger partial charge in [-0.1, -0.05) is 19.9 Å². The molecule has 174 valence electrons. The van der Waals surface area contributed by atoms with Crippen LogP contribution < -0.4 is 9.64 Å². The molecule has 0 bridgehead atoms. The van der Waals surface area contributed by atoms with Gasteiger partial charge in [0.2, 0.25) is 21.7 Å². The zero-order chi connectivity index (χ0) is 23.4. The zero-order valence-corrected chi connectivity index (χ0v) is 19.9. The average Bonchev–Trinajstić information content (AvgIpc) is 3.35. The minimum Gasteiger partial charge on any atom is -0.476 e. The zero-order valence-electron chi connectivity index (χ0n) is 19.1. The SMILES string of the molecule is Cc1cccc(OCC2CCCN2S(=O)(=O)c2ccc3c(c2)C(=O)C2=NCC(C)(C)CN23)n1. The molecule has 0 aliphatic carbocycles. The molecule has 0 N–H and O–H groups in total. The Kier molecular flexibility index (Phi) is 5.29. The van der Waals surface area contributed by atoms with Crippen molar-refractivity contribution in [2.45, 2.75) is 44.6 Å². The predicted molar refractivity (Wildman–Crippen MR) is 126 cm³/mol. The maximum absolute atomic E-state index is 13.5. The summed E-state index contributed by atoms with van der Waals surface area (Å²) in [6.07, 6.45) is 1.48. The van der Waals surface area contributed by atoms with E-state index in [0.29, 0.717) is 43.3 Å². The first-order valence-corrected chi connectivity index (χ1v) is 12.7. The van der Waals surface area contributed by atoms with Crippen LogP contribution in [-0.4, -0.2) is 61.6 Å². The van der Waals surface area contributed by atoms with E-state index in [0.717, 1.165) is 17.8 Å². The Labute approximate surface area is 194 Å². The van der Waals surface area contributed by atoms with E-state index in [4.69, 9.17) is 4.74 Å². The van der Waals surface area contributed by atoms with Gasteiger partial charge in [-0.3, -0.25) is 9.79 Å². The summed E-state index contributed by atoms with van der Waals surface area (Å²) in [7, 11) is -3.78. The van der Waals surface area contributed by atoms with Crippen molar-refractivity contribution in [1.82, 2.24) is 9.29 Å². The molecule has 8 nitrogen and oxygen atoms in total. The lowest BCUT2D eigenvalue weighted by atomic mass is 9.91. The molecule has 1 saturated heterocycles. The molecule has 1 aromatic heterocycles. The number of aryl methyl sites for hydroxylation is 1. The van der Waals surface area contributed by atoms with Crippen LogP contribution in [0.3, 0.4) is 0 Å². The van der Waals surface area contributed by atoms with E-state index in [2.05, 4.69) is 23.8 Å². The smallest absolute Gasteiger partial charge is 0.243 e. The number of nitrogens with zero attached hydrogens (tertiary/aromatic N) is 4. The van der Waals surface area contributed by atoms with Gasteiger partial charge < -0.3 is 9.64 Å². The van der Waals surface area contributed by atoms with Crippen LogP contribution in [0.2, 0.25) is 0 Å². The van der Waals surface area contributed by atoms with E-state index in [1.165, 1.54) is 10.4 Å². The molecule has 3 aliphatic heterocycles. The third-order valence-corrected chi connectivity index (χ3v) is 8.37. The first-order valence-electron chi connectivity index (χ1n) is 11.2. The minimum absolute atomic E-state index is 0.0505. The molecule has 0 saturated carbocycles. The summed E-state index contributed by atoms with van der Waals surface area (Å²) >= 11 is 0. The van der Waals surface area contributed by atoms with Crippen LogP contribution in [0.1, 0.15) is 42.7 Å². The lowest BCUT2D eigenvalue weighted by Crippen LogP contribution is -2.44. The molecule has 1 fully saturated rings. The topological polar surface area (TPSA) is 92.2 Å². The third kappa shape index (κ3) is 3.93. The van der Waals surface area contributed by atoms with Crippen molar-refractivity contribution >= 4 is 27.3 Å². The number of anilines is 1. The predicted octanol–water partition coefficient (Wildman–Crippen LogP) is 3.06. The number of hydrogen-bond donors (Lipinski definition) is 0. The number of aliphatic imine (C=N–C) groups is 1. The van der Waals surface area contributed by atoms with Crippen LogP contribution >= 0.6 is 0 Å². The minimum atomic E-state index is -3.78. The summed E-state index contributed by atoms with van der Waals surface area (Å²) in [5.41, 5.74) is 1.93. The summed E-state index contributed by atoms with van der Waals surface area (Å²) in [4.78, 5) is 23.9. The Hall–Kier alpha value is -2.78. The van der Waals surface area contributed by atoms with E-state index in [-0.39, 0.29) is 28.7 Å². The summed E-state index contributed by atoms with van der Waals surface area (Å²) in [5.74, 6) is 0.698. The molecule has 0 spiro atoms. The van der Waals surface area contributed by atoms with E-state index < -0.39 is 10.0 Å². The highest BCUT2D eigenvalue weighted by atomic mass is 32.2. The average molecular weight is 469 g/mol. The monoisotopic (exact) mass is 468 g/mol. The van der Waals surface area contributed by atoms with Crippen LogP contribution in [0.4, 0.5) is 5.69 Å². The number of Topliss-reactive ketones (excluding diaryl/α,β-unsaturated/α-hetero) is 1. The van der Waals surface area contributed by atoms with Gasteiger partial charge in [0.1, 0.15) is 6.61 Å². The molecule has 0 radical (unpaired) electrons. The number of sulfonamides is 1. The number of carbonyl (C=O) groups is 1. The van der Waals surface area contributed by atoms with Crippen molar-refractivity contribution in [1.29, 1.82) is 0 Å². The van der Waals surface area contributed by atoms with E-state index in [1.807, 2.05) is 24.0 Å². The molecule has 2 aromatic rings. The molecule has 0 amide bonds. The number of carbonyl (C=O) groups excluding carboxylic acids is 1. The second-order valence-electron chi connectivity index (χ2n) is 9.74. The molecule has 1 unspecified atom stereocenters. The van der Waals surface area contributed by atoms with Gasteiger partial charge in [-0.05, 0) is 44.0 Å². The van der Waals surface area contributed by atoms with Gasteiger partial charge in [0.25, 0.3) is 0 Å². The summed E-state index contributed by atoms with van der Waals surface area (Å²) < 4.78 is 34.4. The second-order valence-corrected chi connectivity index (χ2v) is 11.6. The van der Waals surface area contributed by atoms with Crippen LogP contribution in [0.15, 0.2) is 46.3 Å². The molecule has 4 heterocycles. The Morgan fingerprint density at radius 1 is 1.21 bits per heavy atom. The number of hydrogen-bond acceptors (Lipinski definition) is 7. The van der Waals surface area contributed by atoms with Gasteiger partial charge in [0, 0.05) is 36.8 Å². The van der Waals surface area contributed by atoms with Gasteiger partial charge in [-0.15, -0.1) is 0 Å². The fraction of sp³-hybridized carbons (Fsp3) is 0.458. The number of ketones is 1. The molecular weight excluding hydrogens is 440 g/mol. The van der Waals surface area contributed by atoms with Gasteiger partial charge in [-0.25, -0.2) is 13.4 Å². The fourth-order valence-electron chi connectivity index (χ4n) is 4.74. The van der Waals surface area contributed by atoms with Crippen LogP contribution in [0.5, 0.6) is 5.88 Å². The summed E-state index contributed by atoms with van der Waals surface area (Å²) in [5, 5.41) is 0. The van der Waals surface area contributed by atoms with Gasteiger partial charge in [0.05, 0.1) is 22.2 Å². The molecular formula is C24H28N4O4S. The van der Waals surface area contributed by atoms with Gasteiger partial charge in [-0.2, -0.15) is 4.31 Å². The Morgan fingerprint density at radius 2 is 2.03 bits per heavy atom. The van der Waals surface area contributed by atoms with Gasteiger partial charge >= 0.3 is 0 Å². The highest BCUT2D eigenvalue weighted by molar-refractivity contribution is 7.89.